The summed E-state index contributed by atoms with van der Waals surface area (Å²) in [5, 5.41) is 14.1. The van der Waals surface area contributed by atoms with Crippen LogP contribution in [0.1, 0.15) is 20.7 Å². The standard InChI is InChI=1S/C15H13N5O4/c1-20-11(7-8-16-20)13-18-19-15(24-13)17-12(21)9-5-3-4-6-10(9)14(22)23-2/h3-8H,1-2H3,(H,17,19,21). The summed E-state index contributed by atoms with van der Waals surface area (Å²) in [7, 11) is 2.97. The average Bonchev–Trinajstić information content (AvgIpc) is 3.22. The Morgan fingerprint density at radius 2 is 1.92 bits per heavy atom. The smallest absolute Gasteiger partial charge is 0.338 e. The second-order valence-corrected chi connectivity index (χ2v) is 4.74. The first kappa shape index (κ1) is 15.4. The van der Waals surface area contributed by atoms with Gasteiger partial charge in [0.05, 0.1) is 18.2 Å². The van der Waals surface area contributed by atoms with Crippen LogP contribution in [-0.2, 0) is 11.8 Å². The number of benzene rings is 1. The molecule has 0 unspecified atom stereocenters. The minimum atomic E-state index is -0.609. The predicted molar refractivity (Wildman–Crippen MR) is 82.2 cm³/mol. The van der Waals surface area contributed by atoms with Gasteiger partial charge in [-0.05, 0) is 18.2 Å². The first-order valence-corrected chi connectivity index (χ1v) is 6.90. The molecule has 0 aliphatic heterocycles. The maximum Gasteiger partial charge on any atom is 0.338 e. The Bertz CT molecular complexity index is 899. The normalized spacial score (nSPS) is 10.4. The molecule has 1 amide bonds. The Kier molecular flexibility index (Phi) is 4.06. The lowest BCUT2D eigenvalue weighted by molar-refractivity contribution is 0.0597. The third kappa shape index (κ3) is 2.86. The van der Waals surface area contributed by atoms with Crippen LogP contribution in [0.3, 0.4) is 0 Å². The number of methoxy groups -OCH3 is 1. The summed E-state index contributed by atoms with van der Waals surface area (Å²) in [5.74, 6) is -0.954. The van der Waals surface area contributed by atoms with Gasteiger partial charge >= 0.3 is 12.0 Å². The van der Waals surface area contributed by atoms with Gasteiger partial charge < -0.3 is 9.15 Å². The molecule has 0 saturated carbocycles. The number of hydrogen-bond donors (Lipinski definition) is 1. The van der Waals surface area contributed by atoms with Gasteiger partial charge in [0.15, 0.2) is 0 Å². The van der Waals surface area contributed by atoms with Crippen molar-refractivity contribution in [1.82, 2.24) is 20.0 Å². The molecule has 0 fully saturated rings. The van der Waals surface area contributed by atoms with Crippen molar-refractivity contribution in [2.24, 2.45) is 7.05 Å². The number of nitrogens with one attached hydrogen (secondary N) is 1. The van der Waals surface area contributed by atoms with Crippen LogP contribution in [0.15, 0.2) is 40.9 Å². The lowest BCUT2D eigenvalue weighted by Crippen LogP contribution is -2.17. The van der Waals surface area contributed by atoms with E-state index in [1.807, 2.05) is 0 Å². The van der Waals surface area contributed by atoms with Crippen LogP contribution in [0.2, 0.25) is 0 Å². The molecular weight excluding hydrogens is 314 g/mol. The van der Waals surface area contributed by atoms with Crippen molar-refractivity contribution in [3.8, 4) is 11.6 Å². The maximum absolute atomic E-state index is 12.4. The first-order chi connectivity index (χ1) is 11.6. The fraction of sp³-hybridized carbons (Fsp3) is 0.133. The molecule has 1 aromatic carbocycles. The number of amides is 1. The van der Waals surface area contributed by atoms with Crippen molar-refractivity contribution in [1.29, 1.82) is 0 Å². The van der Waals surface area contributed by atoms with E-state index in [1.54, 1.807) is 36.1 Å². The van der Waals surface area contributed by atoms with Crippen molar-refractivity contribution in [2.45, 2.75) is 0 Å². The number of carbonyl (C=O) groups excluding carboxylic acids is 2. The number of carbonyl (C=O) groups is 2. The minimum absolute atomic E-state index is 0.0872. The van der Waals surface area contributed by atoms with Gasteiger partial charge in [0, 0.05) is 13.2 Å². The Balaban J connectivity index is 1.83. The highest BCUT2D eigenvalue weighted by Gasteiger charge is 2.19. The molecule has 24 heavy (non-hydrogen) atoms. The molecule has 1 N–H and O–H groups in total. The largest absolute Gasteiger partial charge is 0.465 e. The number of esters is 1. The quantitative estimate of drug-likeness (QED) is 0.723. The van der Waals surface area contributed by atoms with Crippen LogP contribution in [0.5, 0.6) is 0 Å². The van der Waals surface area contributed by atoms with E-state index in [9.17, 15) is 9.59 Å². The lowest BCUT2D eigenvalue weighted by Gasteiger charge is -2.06. The van der Waals surface area contributed by atoms with Crippen molar-refractivity contribution in [3.05, 3.63) is 47.7 Å². The third-order valence-electron chi connectivity index (χ3n) is 3.26. The van der Waals surface area contributed by atoms with E-state index >= 15 is 0 Å². The zero-order valence-electron chi connectivity index (χ0n) is 12.9. The first-order valence-electron chi connectivity index (χ1n) is 6.90. The van der Waals surface area contributed by atoms with E-state index in [-0.39, 0.29) is 23.0 Å². The fourth-order valence-corrected chi connectivity index (χ4v) is 2.09. The van der Waals surface area contributed by atoms with E-state index < -0.39 is 11.9 Å². The van der Waals surface area contributed by atoms with Crippen molar-refractivity contribution in [2.75, 3.05) is 12.4 Å². The summed E-state index contributed by atoms with van der Waals surface area (Å²) in [6.45, 7) is 0. The highest BCUT2D eigenvalue weighted by Crippen LogP contribution is 2.19. The molecular formula is C15H13N5O4. The van der Waals surface area contributed by atoms with E-state index in [0.29, 0.717) is 5.69 Å². The summed E-state index contributed by atoms with van der Waals surface area (Å²) in [5.41, 5.74) is 0.895. The Hall–Kier alpha value is -3.49. The molecule has 9 heteroatoms. The van der Waals surface area contributed by atoms with Gasteiger partial charge in [-0.2, -0.15) is 5.10 Å². The molecule has 0 aliphatic rings. The molecule has 0 bridgehead atoms. The molecule has 0 aliphatic carbocycles. The van der Waals surface area contributed by atoms with Gasteiger partial charge in [0.25, 0.3) is 11.8 Å². The topological polar surface area (TPSA) is 112 Å². The second kappa shape index (κ2) is 6.32. The molecule has 2 aromatic heterocycles. The number of rotatable bonds is 4. The summed E-state index contributed by atoms with van der Waals surface area (Å²) in [4.78, 5) is 24.1. The number of ether oxygens (including phenoxy) is 1. The van der Waals surface area contributed by atoms with Crippen LogP contribution in [-0.4, -0.2) is 39.0 Å². The van der Waals surface area contributed by atoms with E-state index in [1.165, 1.54) is 19.2 Å². The molecule has 9 nitrogen and oxygen atoms in total. The second-order valence-electron chi connectivity index (χ2n) is 4.74. The van der Waals surface area contributed by atoms with Crippen LogP contribution in [0.4, 0.5) is 6.01 Å². The van der Waals surface area contributed by atoms with Gasteiger partial charge in [-0.3, -0.25) is 14.8 Å². The number of aromatic nitrogens is 4. The van der Waals surface area contributed by atoms with Gasteiger partial charge in [-0.25, -0.2) is 4.79 Å². The zero-order chi connectivity index (χ0) is 17.1. The molecule has 2 heterocycles. The van der Waals surface area contributed by atoms with E-state index in [4.69, 9.17) is 4.42 Å². The van der Waals surface area contributed by atoms with Crippen LogP contribution in [0, 0.1) is 0 Å². The zero-order valence-corrected chi connectivity index (χ0v) is 12.9. The molecule has 122 valence electrons. The molecule has 3 aromatic rings. The van der Waals surface area contributed by atoms with Gasteiger partial charge in [0.1, 0.15) is 5.69 Å². The van der Waals surface area contributed by atoms with E-state index in [0.717, 1.165) is 0 Å². The maximum atomic E-state index is 12.4. The highest BCUT2D eigenvalue weighted by atomic mass is 16.5. The minimum Gasteiger partial charge on any atom is -0.465 e. The summed E-state index contributed by atoms with van der Waals surface area (Å²) in [6, 6.07) is 7.88. The Labute approximate surface area is 136 Å². The predicted octanol–water partition coefficient (Wildman–Crippen LogP) is 1.51. The molecule has 0 spiro atoms. The van der Waals surface area contributed by atoms with Crippen LogP contribution < -0.4 is 5.32 Å². The molecule has 0 radical (unpaired) electrons. The number of nitrogens with zero attached hydrogens (tertiary/aromatic N) is 4. The van der Waals surface area contributed by atoms with Gasteiger partial charge in [-0.15, -0.1) is 5.10 Å². The van der Waals surface area contributed by atoms with Crippen LogP contribution in [0.25, 0.3) is 11.6 Å². The number of aryl methyl sites for hydroxylation is 1. The SMILES string of the molecule is COC(=O)c1ccccc1C(=O)Nc1nnc(-c2ccnn2C)o1. The highest BCUT2D eigenvalue weighted by molar-refractivity contribution is 6.10. The number of hydrogen-bond acceptors (Lipinski definition) is 7. The fourth-order valence-electron chi connectivity index (χ4n) is 2.09. The van der Waals surface area contributed by atoms with Crippen molar-refractivity contribution in [3.63, 3.8) is 0 Å². The Morgan fingerprint density at radius 3 is 2.58 bits per heavy atom. The third-order valence-corrected chi connectivity index (χ3v) is 3.26. The molecule has 0 saturated heterocycles. The monoisotopic (exact) mass is 327 g/mol. The van der Waals surface area contributed by atoms with E-state index in [2.05, 4.69) is 25.3 Å². The summed E-state index contributed by atoms with van der Waals surface area (Å²) in [6.07, 6.45) is 1.59. The van der Waals surface area contributed by atoms with Crippen molar-refractivity contribution >= 4 is 17.9 Å². The van der Waals surface area contributed by atoms with Crippen molar-refractivity contribution < 1.29 is 18.7 Å². The Morgan fingerprint density at radius 1 is 1.17 bits per heavy atom. The summed E-state index contributed by atoms with van der Waals surface area (Å²) >= 11 is 0. The summed E-state index contributed by atoms with van der Waals surface area (Å²) < 4.78 is 11.6. The molecule has 3 rings (SSSR count). The number of anilines is 1. The lowest BCUT2D eigenvalue weighted by atomic mass is 10.1. The van der Waals surface area contributed by atoms with Gasteiger partial charge in [-0.1, -0.05) is 17.2 Å². The average molecular weight is 327 g/mol. The van der Waals surface area contributed by atoms with Gasteiger partial charge in [0.2, 0.25) is 0 Å². The van der Waals surface area contributed by atoms with Crippen LogP contribution >= 0.6 is 0 Å². The molecule has 0 atom stereocenters.